The smallest absolute Gasteiger partial charge is 0.251 e. The molecule has 0 aromatic heterocycles. The molecule has 1 N–H and O–H groups in total. The van der Waals surface area contributed by atoms with Crippen molar-refractivity contribution >= 4 is 15.7 Å². The number of hydrogen-bond acceptors (Lipinski definition) is 4. The zero-order valence-corrected chi connectivity index (χ0v) is 15.8. The van der Waals surface area contributed by atoms with E-state index in [0.29, 0.717) is 30.5 Å². The molecule has 0 saturated carbocycles. The van der Waals surface area contributed by atoms with Gasteiger partial charge in [0.05, 0.1) is 5.75 Å². The number of sulfone groups is 1. The third kappa shape index (κ3) is 5.31. The SMILES string of the molecule is Cc1cccc(C(=O)N[C@H]2CN(CCS(C)(=O)=O)C[C@@H]2C(C)C)c1. The summed E-state index contributed by atoms with van der Waals surface area (Å²) in [6.45, 7) is 8.32. The number of aryl methyl sites for hydroxylation is 1. The van der Waals surface area contributed by atoms with Crippen molar-refractivity contribution in [2.75, 3.05) is 31.6 Å². The maximum atomic E-state index is 12.5. The van der Waals surface area contributed by atoms with Crippen LogP contribution in [0.25, 0.3) is 0 Å². The largest absolute Gasteiger partial charge is 0.348 e. The van der Waals surface area contributed by atoms with Gasteiger partial charge < -0.3 is 5.32 Å². The molecule has 0 aliphatic carbocycles. The number of carbonyl (C=O) groups excluding carboxylic acids is 1. The molecule has 6 heteroatoms. The normalized spacial score (nSPS) is 22.0. The van der Waals surface area contributed by atoms with E-state index in [1.165, 1.54) is 6.26 Å². The summed E-state index contributed by atoms with van der Waals surface area (Å²) in [6, 6.07) is 7.62. The molecule has 0 spiro atoms. The van der Waals surface area contributed by atoms with Gasteiger partial charge in [-0.3, -0.25) is 9.69 Å². The molecule has 24 heavy (non-hydrogen) atoms. The van der Waals surface area contributed by atoms with Crippen LogP contribution in [0.15, 0.2) is 24.3 Å². The summed E-state index contributed by atoms with van der Waals surface area (Å²) in [6.07, 6.45) is 1.26. The zero-order chi connectivity index (χ0) is 17.9. The molecule has 2 atom stereocenters. The van der Waals surface area contributed by atoms with Crippen LogP contribution >= 0.6 is 0 Å². The average Bonchev–Trinajstić information content (AvgIpc) is 2.87. The second-order valence-electron chi connectivity index (χ2n) is 7.25. The Balaban J connectivity index is 2.03. The highest BCUT2D eigenvalue weighted by Crippen LogP contribution is 2.24. The fraction of sp³-hybridized carbons (Fsp3) is 0.611. The minimum absolute atomic E-state index is 0.0533. The van der Waals surface area contributed by atoms with Gasteiger partial charge in [0.2, 0.25) is 0 Å². The van der Waals surface area contributed by atoms with E-state index in [2.05, 4.69) is 24.1 Å². The Morgan fingerprint density at radius 1 is 1.33 bits per heavy atom. The summed E-state index contributed by atoms with van der Waals surface area (Å²) < 4.78 is 22.8. The van der Waals surface area contributed by atoms with Crippen LogP contribution in [-0.2, 0) is 9.84 Å². The lowest BCUT2D eigenvalue weighted by atomic mass is 9.91. The van der Waals surface area contributed by atoms with Crippen molar-refractivity contribution in [1.82, 2.24) is 10.2 Å². The summed E-state index contributed by atoms with van der Waals surface area (Å²) in [5.74, 6) is 0.866. The maximum Gasteiger partial charge on any atom is 0.251 e. The Labute approximate surface area is 145 Å². The first kappa shape index (κ1) is 18.9. The van der Waals surface area contributed by atoms with Crippen molar-refractivity contribution in [2.24, 2.45) is 11.8 Å². The third-order valence-electron chi connectivity index (χ3n) is 4.67. The van der Waals surface area contributed by atoms with Gasteiger partial charge in [0.1, 0.15) is 9.84 Å². The van der Waals surface area contributed by atoms with Crippen LogP contribution in [-0.4, -0.2) is 56.9 Å². The molecule has 0 unspecified atom stereocenters. The lowest BCUT2D eigenvalue weighted by molar-refractivity contribution is 0.0925. The van der Waals surface area contributed by atoms with E-state index in [-0.39, 0.29) is 17.7 Å². The highest BCUT2D eigenvalue weighted by Gasteiger charge is 2.35. The van der Waals surface area contributed by atoms with Crippen LogP contribution in [0.1, 0.15) is 29.8 Å². The number of rotatable bonds is 6. The predicted molar refractivity (Wildman–Crippen MR) is 96.9 cm³/mol. The van der Waals surface area contributed by atoms with Gasteiger partial charge in [-0.1, -0.05) is 31.5 Å². The zero-order valence-electron chi connectivity index (χ0n) is 15.0. The van der Waals surface area contributed by atoms with E-state index in [1.807, 2.05) is 31.2 Å². The Morgan fingerprint density at radius 3 is 2.62 bits per heavy atom. The molecule has 134 valence electrons. The van der Waals surface area contributed by atoms with Gasteiger partial charge >= 0.3 is 0 Å². The number of likely N-dealkylation sites (tertiary alicyclic amines) is 1. The van der Waals surface area contributed by atoms with Crippen LogP contribution in [0.4, 0.5) is 0 Å². The van der Waals surface area contributed by atoms with Gasteiger partial charge in [-0.2, -0.15) is 0 Å². The molecule has 0 radical (unpaired) electrons. The summed E-state index contributed by atoms with van der Waals surface area (Å²) in [4.78, 5) is 14.7. The molecule has 5 nitrogen and oxygen atoms in total. The van der Waals surface area contributed by atoms with Crippen molar-refractivity contribution in [2.45, 2.75) is 26.8 Å². The fourth-order valence-electron chi connectivity index (χ4n) is 3.26. The Morgan fingerprint density at radius 2 is 2.04 bits per heavy atom. The second kappa shape index (κ2) is 7.66. The second-order valence-corrected chi connectivity index (χ2v) is 9.51. The van der Waals surface area contributed by atoms with Crippen molar-refractivity contribution in [3.63, 3.8) is 0 Å². The predicted octanol–water partition coefficient (Wildman–Crippen LogP) is 1.73. The van der Waals surface area contributed by atoms with E-state index in [4.69, 9.17) is 0 Å². The molecule has 2 rings (SSSR count). The highest BCUT2D eigenvalue weighted by atomic mass is 32.2. The van der Waals surface area contributed by atoms with Crippen LogP contribution in [0.5, 0.6) is 0 Å². The summed E-state index contributed by atoms with van der Waals surface area (Å²) >= 11 is 0. The minimum atomic E-state index is -2.97. The molecule has 1 amide bonds. The van der Waals surface area contributed by atoms with Gasteiger partial charge in [0.25, 0.3) is 5.91 Å². The Hall–Kier alpha value is -1.40. The first-order valence-corrected chi connectivity index (χ1v) is 10.5. The van der Waals surface area contributed by atoms with Crippen molar-refractivity contribution in [3.8, 4) is 0 Å². The van der Waals surface area contributed by atoms with Gasteiger partial charge in [0, 0.05) is 37.5 Å². The maximum absolute atomic E-state index is 12.5. The third-order valence-corrected chi connectivity index (χ3v) is 5.60. The molecular weight excluding hydrogens is 324 g/mol. The summed E-state index contributed by atoms with van der Waals surface area (Å²) in [7, 11) is -2.97. The van der Waals surface area contributed by atoms with E-state index in [1.54, 1.807) is 0 Å². The highest BCUT2D eigenvalue weighted by molar-refractivity contribution is 7.90. The van der Waals surface area contributed by atoms with E-state index in [0.717, 1.165) is 12.1 Å². The quantitative estimate of drug-likeness (QED) is 0.847. The average molecular weight is 353 g/mol. The lowest BCUT2D eigenvalue weighted by Gasteiger charge is -2.23. The molecule has 1 aliphatic rings. The van der Waals surface area contributed by atoms with Crippen molar-refractivity contribution in [3.05, 3.63) is 35.4 Å². The number of nitrogens with zero attached hydrogens (tertiary/aromatic N) is 1. The number of hydrogen-bond donors (Lipinski definition) is 1. The molecule has 1 saturated heterocycles. The number of carbonyl (C=O) groups is 1. The lowest BCUT2D eigenvalue weighted by Crippen LogP contribution is -2.42. The summed E-state index contributed by atoms with van der Waals surface area (Å²) in [5, 5.41) is 3.15. The molecule has 1 fully saturated rings. The van der Waals surface area contributed by atoms with Crippen molar-refractivity contribution < 1.29 is 13.2 Å². The Kier molecular flexibility index (Phi) is 6.04. The van der Waals surface area contributed by atoms with Gasteiger partial charge in [-0.15, -0.1) is 0 Å². The minimum Gasteiger partial charge on any atom is -0.348 e. The molecular formula is C18H28N2O3S. The van der Waals surface area contributed by atoms with Gasteiger partial charge in [-0.25, -0.2) is 8.42 Å². The van der Waals surface area contributed by atoms with E-state index in [9.17, 15) is 13.2 Å². The standard InChI is InChI=1S/C18H28N2O3S/c1-13(2)16-11-20(8-9-24(4,22)23)12-17(16)19-18(21)15-7-5-6-14(3)10-15/h5-7,10,13,16-17H,8-9,11-12H2,1-4H3,(H,19,21)/t16-,17+/m1/s1. The van der Waals surface area contributed by atoms with Crippen LogP contribution in [0.2, 0.25) is 0 Å². The molecule has 1 aliphatic heterocycles. The van der Waals surface area contributed by atoms with Gasteiger partial charge in [-0.05, 0) is 30.9 Å². The fourth-order valence-corrected chi connectivity index (χ4v) is 3.85. The van der Waals surface area contributed by atoms with Crippen LogP contribution < -0.4 is 5.32 Å². The van der Waals surface area contributed by atoms with Crippen molar-refractivity contribution in [1.29, 1.82) is 0 Å². The molecule has 1 aromatic rings. The van der Waals surface area contributed by atoms with Gasteiger partial charge in [0.15, 0.2) is 0 Å². The monoisotopic (exact) mass is 352 g/mol. The first-order chi connectivity index (χ1) is 11.2. The first-order valence-electron chi connectivity index (χ1n) is 8.43. The molecule has 0 bridgehead atoms. The van der Waals surface area contributed by atoms with Crippen LogP contribution in [0.3, 0.4) is 0 Å². The van der Waals surface area contributed by atoms with E-state index < -0.39 is 9.84 Å². The Bertz CT molecular complexity index is 685. The van der Waals surface area contributed by atoms with E-state index >= 15 is 0 Å². The topological polar surface area (TPSA) is 66.5 Å². The van der Waals surface area contributed by atoms with Crippen LogP contribution in [0, 0.1) is 18.8 Å². The number of benzene rings is 1. The number of nitrogens with one attached hydrogen (secondary N) is 1. The number of amides is 1. The summed E-state index contributed by atoms with van der Waals surface area (Å²) in [5.41, 5.74) is 1.73. The molecule has 1 aromatic carbocycles. The molecule has 1 heterocycles.